The molecule has 1 aromatic carbocycles. The van der Waals surface area contributed by atoms with Crippen LogP contribution in [0.5, 0.6) is 0 Å². The van der Waals surface area contributed by atoms with Crippen molar-refractivity contribution < 1.29 is 14.0 Å². The van der Waals surface area contributed by atoms with Crippen LogP contribution in [0.3, 0.4) is 0 Å². The van der Waals surface area contributed by atoms with Crippen molar-refractivity contribution in [3.8, 4) is 0 Å². The number of nitrogens with zero attached hydrogens (tertiary/aromatic N) is 2. The first kappa shape index (κ1) is 17.4. The van der Waals surface area contributed by atoms with Gasteiger partial charge in [-0.1, -0.05) is 18.2 Å². The van der Waals surface area contributed by atoms with E-state index in [4.69, 9.17) is 4.42 Å². The van der Waals surface area contributed by atoms with E-state index in [1.54, 1.807) is 11.0 Å². The summed E-state index contributed by atoms with van der Waals surface area (Å²) >= 11 is 0. The zero-order valence-corrected chi connectivity index (χ0v) is 15.1. The molecule has 4 rings (SSSR count). The number of rotatable bonds is 3. The van der Waals surface area contributed by atoms with Crippen molar-refractivity contribution in [2.24, 2.45) is 0 Å². The summed E-state index contributed by atoms with van der Waals surface area (Å²) in [5.74, 6) is 1.42. The van der Waals surface area contributed by atoms with E-state index in [0.717, 1.165) is 11.4 Å². The van der Waals surface area contributed by atoms with Gasteiger partial charge in [-0.2, -0.15) is 0 Å². The SMILES string of the molecule is Cc1ccc(/C=C/C(=O)N2CCC3(CC2)NC(=O)N(c2ccccc2)N3)o1. The third-order valence-electron chi connectivity index (χ3n) is 4.97. The summed E-state index contributed by atoms with van der Waals surface area (Å²) in [6, 6.07) is 13.0. The van der Waals surface area contributed by atoms with Crippen molar-refractivity contribution in [2.45, 2.75) is 25.4 Å². The molecule has 2 aliphatic rings. The number of amides is 3. The number of carbonyl (C=O) groups excluding carboxylic acids is 2. The molecule has 2 aromatic rings. The van der Waals surface area contributed by atoms with Gasteiger partial charge in [0.2, 0.25) is 5.91 Å². The highest BCUT2D eigenvalue weighted by atomic mass is 16.3. The van der Waals surface area contributed by atoms with Crippen molar-refractivity contribution in [1.29, 1.82) is 0 Å². The predicted octanol–water partition coefficient (Wildman–Crippen LogP) is 2.65. The first-order valence-electron chi connectivity index (χ1n) is 9.03. The number of furan rings is 1. The molecule has 1 aromatic heterocycles. The molecule has 0 atom stereocenters. The van der Waals surface area contributed by atoms with Crippen molar-refractivity contribution >= 4 is 23.7 Å². The zero-order valence-electron chi connectivity index (χ0n) is 15.1. The summed E-state index contributed by atoms with van der Waals surface area (Å²) < 4.78 is 5.44. The summed E-state index contributed by atoms with van der Waals surface area (Å²) in [7, 11) is 0. The van der Waals surface area contributed by atoms with Crippen LogP contribution in [0.1, 0.15) is 24.4 Å². The molecule has 0 saturated carbocycles. The molecule has 2 fully saturated rings. The van der Waals surface area contributed by atoms with Gasteiger partial charge in [-0.15, -0.1) is 0 Å². The molecule has 2 aliphatic heterocycles. The quantitative estimate of drug-likeness (QED) is 0.819. The highest BCUT2D eigenvalue weighted by Gasteiger charge is 2.45. The predicted molar refractivity (Wildman–Crippen MR) is 102 cm³/mol. The van der Waals surface area contributed by atoms with Crippen LogP contribution in [0.4, 0.5) is 10.5 Å². The van der Waals surface area contributed by atoms with E-state index in [2.05, 4.69) is 10.7 Å². The van der Waals surface area contributed by atoms with Gasteiger partial charge < -0.3 is 14.6 Å². The van der Waals surface area contributed by atoms with E-state index in [1.807, 2.05) is 49.4 Å². The summed E-state index contributed by atoms with van der Waals surface area (Å²) in [5.41, 5.74) is 3.58. The number of urea groups is 1. The van der Waals surface area contributed by atoms with E-state index < -0.39 is 5.66 Å². The minimum Gasteiger partial charge on any atom is -0.462 e. The number of nitrogens with one attached hydrogen (secondary N) is 2. The van der Waals surface area contributed by atoms with Gasteiger partial charge in [0.1, 0.15) is 17.2 Å². The summed E-state index contributed by atoms with van der Waals surface area (Å²) in [4.78, 5) is 26.6. The number of hydrazine groups is 1. The molecule has 3 amide bonds. The second-order valence-corrected chi connectivity index (χ2v) is 6.90. The maximum atomic E-state index is 12.4. The number of aryl methyl sites for hydroxylation is 1. The van der Waals surface area contributed by atoms with Crippen LogP contribution < -0.4 is 15.8 Å². The number of carbonyl (C=O) groups is 2. The molecule has 0 aliphatic carbocycles. The summed E-state index contributed by atoms with van der Waals surface area (Å²) in [6.07, 6.45) is 4.50. The smallest absolute Gasteiger partial charge is 0.338 e. The van der Waals surface area contributed by atoms with Crippen LogP contribution in [0.2, 0.25) is 0 Å². The second kappa shape index (κ2) is 6.92. The van der Waals surface area contributed by atoms with Crippen LogP contribution in [0.25, 0.3) is 6.08 Å². The maximum Gasteiger partial charge on any atom is 0.338 e. The molecule has 27 heavy (non-hydrogen) atoms. The van der Waals surface area contributed by atoms with Crippen LogP contribution >= 0.6 is 0 Å². The van der Waals surface area contributed by atoms with Gasteiger partial charge in [0, 0.05) is 32.0 Å². The molecule has 140 valence electrons. The van der Waals surface area contributed by atoms with Crippen molar-refractivity contribution in [2.75, 3.05) is 18.1 Å². The van der Waals surface area contributed by atoms with Gasteiger partial charge in [-0.3, -0.25) is 4.79 Å². The minimum absolute atomic E-state index is 0.0526. The molecular formula is C20H22N4O3. The number of likely N-dealkylation sites (tertiary alicyclic amines) is 1. The highest BCUT2D eigenvalue weighted by Crippen LogP contribution is 2.27. The van der Waals surface area contributed by atoms with Gasteiger partial charge in [-0.05, 0) is 37.3 Å². The van der Waals surface area contributed by atoms with Crippen LogP contribution in [0.15, 0.2) is 53.0 Å². The van der Waals surface area contributed by atoms with Crippen molar-refractivity contribution in [1.82, 2.24) is 15.6 Å². The number of hydrogen-bond donors (Lipinski definition) is 2. The minimum atomic E-state index is -0.508. The maximum absolute atomic E-state index is 12.4. The summed E-state index contributed by atoms with van der Waals surface area (Å²) in [5, 5.41) is 4.58. The molecule has 1 spiro atoms. The largest absolute Gasteiger partial charge is 0.462 e. The van der Waals surface area contributed by atoms with E-state index in [9.17, 15) is 9.59 Å². The van der Waals surface area contributed by atoms with Gasteiger partial charge in [0.25, 0.3) is 0 Å². The van der Waals surface area contributed by atoms with Gasteiger partial charge in [-0.25, -0.2) is 15.2 Å². The average Bonchev–Trinajstić information content (AvgIpc) is 3.24. The Bertz CT molecular complexity index is 866. The molecule has 3 heterocycles. The molecular weight excluding hydrogens is 344 g/mol. The Hall–Kier alpha value is -3.06. The Labute approximate surface area is 157 Å². The second-order valence-electron chi connectivity index (χ2n) is 6.90. The van der Waals surface area contributed by atoms with E-state index in [-0.39, 0.29) is 11.9 Å². The summed E-state index contributed by atoms with van der Waals surface area (Å²) in [6.45, 7) is 3.00. The number of anilines is 1. The van der Waals surface area contributed by atoms with E-state index in [0.29, 0.717) is 31.7 Å². The molecule has 0 radical (unpaired) electrons. The fourth-order valence-electron chi connectivity index (χ4n) is 3.46. The number of para-hydroxylation sites is 1. The Morgan fingerprint density at radius 1 is 1.15 bits per heavy atom. The topological polar surface area (TPSA) is 77.8 Å². The lowest BCUT2D eigenvalue weighted by atomic mass is 9.98. The molecule has 0 bridgehead atoms. The number of piperidine rings is 1. The average molecular weight is 366 g/mol. The Kier molecular flexibility index (Phi) is 4.45. The number of hydrogen-bond acceptors (Lipinski definition) is 4. The van der Waals surface area contributed by atoms with Gasteiger partial charge in [0.05, 0.1) is 5.69 Å². The Balaban J connectivity index is 1.36. The highest BCUT2D eigenvalue weighted by molar-refractivity contribution is 5.94. The fraction of sp³-hybridized carbons (Fsp3) is 0.300. The molecule has 7 heteroatoms. The third kappa shape index (κ3) is 3.59. The number of benzene rings is 1. The van der Waals surface area contributed by atoms with Crippen LogP contribution in [0, 0.1) is 6.92 Å². The van der Waals surface area contributed by atoms with Crippen molar-refractivity contribution in [3.05, 3.63) is 60.1 Å². The first-order chi connectivity index (χ1) is 13.0. The Morgan fingerprint density at radius 2 is 1.89 bits per heavy atom. The fourth-order valence-corrected chi connectivity index (χ4v) is 3.46. The lowest BCUT2D eigenvalue weighted by molar-refractivity contribution is -0.127. The van der Waals surface area contributed by atoms with E-state index in [1.165, 1.54) is 11.1 Å². The Morgan fingerprint density at radius 3 is 2.56 bits per heavy atom. The van der Waals surface area contributed by atoms with Crippen molar-refractivity contribution in [3.63, 3.8) is 0 Å². The van der Waals surface area contributed by atoms with Gasteiger partial charge >= 0.3 is 6.03 Å². The van der Waals surface area contributed by atoms with E-state index >= 15 is 0 Å². The lowest BCUT2D eigenvalue weighted by Gasteiger charge is -2.38. The third-order valence-corrected chi connectivity index (χ3v) is 4.97. The van der Waals surface area contributed by atoms with Crippen LogP contribution in [-0.2, 0) is 4.79 Å². The standard InChI is InChI=1S/C20H22N4O3/c1-15-7-8-17(27-15)9-10-18(25)23-13-11-20(12-14-23)21-19(26)24(22-20)16-5-3-2-4-6-16/h2-10,22H,11-14H2,1H3,(H,21,26)/b10-9+. The molecule has 2 N–H and O–H groups in total. The van der Waals surface area contributed by atoms with Crippen LogP contribution in [-0.4, -0.2) is 35.6 Å². The molecule has 2 saturated heterocycles. The normalized spacial score (nSPS) is 19.1. The molecule has 7 nitrogen and oxygen atoms in total. The zero-order chi connectivity index (χ0) is 18.9. The molecule has 0 unspecified atom stereocenters. The first-order valence-corrected chi connectivity index (χ1v) is 9.03. The monoisotopic (exact) mass is 366 g/mol. The van der Waals surface area contributed by atoms with Gasteiger partial charge in [0.15, 0.2) is 0 Å². The lowest BCUT2D eigenvalue weighted by Crippen LogP contribution is -2.58.